The number of benzene rings is 1. The van der Waals surface area contributed by atoms with Gasteiger partial charge in [0.2, 0.25) is 5.91 Å². The monoisotopic (exact) mass is 315 g/mol. The molecule has 0 aromatic heterocycles. The highest BCUT2D eigenvalue weighted by Crippen LogP contribution is 2.12. The number of rotatable bonds is 9. The Kier molecular flexibility index (Phi) is 7.73. The summed E-state index contributed by atoms with van der Waals surface area (Å²) in [6.45, 7) is 12.5. The number of carbonyl (C=O) groups excluding carboxylic acids is 2. The topological polar surface area (TPSA) is 37.4 Å². The van der Waals surface area contributed by atoms with Gasteiger partial charge in [0, 0.05) is 25.4 Å². The molecular formula is C20H29NO2. The first kappa shape index (κ1) is 19.1. The van der Waals surface area contributed by atoms with E-state index in [1.165, 1.54) is 18.1 Å². The van der Waals surface area contributed by atoms with Crippen LogP contribution in [0.15, 0.2) is 36.4 Å². The van der Waals surface area contributed by atoms with Crippen LogP contribution in [0, 0.1) is 5.92 Å². The summed E-state index contributed by atoms with van der Waals surface area (Å²) < 4.78 is 0. The Morgan fingerprint density at radius 3 is 2.17 bits per heavy atom. The van der Waals surface area contributed by atoms with Crippen LogP contribution >= 0.6 is 0 Å². The molecule has 1 amide bonds. The van der Waals surface area contributed by atoms with Crippen molar-refractivity contribution in [2.24, 2.45) is 5.92 Å². The number of ketones is 1. The van der Waals surface area contributed by atoms with Crippen LogP contribution in [0.2, 0.25) is 0 Å². The number of hydrogen-bond donors (Lipinski definition) is 0. The van der Waals surface area contributed by atoms with Crippen LogP contribution in [0.25, 0.3) is 0 Å². The van der Waals surface area contributed by atoms with E-state index in [1.807, 2.05) is 18.7 Å². The van der Waals surface area contributed by atoms with Crippen molar-refractivity contribution in [3.05, 3.63) is 47.5 Å². The first-order chi connectivity index (χ1) is 10.8. The smallest absolute Gasteiger partial charge is 0.226 e. The van der Waals surface area contributed by atoms with Crippen molar-refractivity contribution >= 4 is 11.7 Å². The third-order valence-electron chi connectivity index (χ3n) is 3.89. The molecule has 3 heteroatoms. The average Bonchev–Trinajstić information content (AvgIpc) is 2.50. The second kappa shape index (κ2) is 9.29. The molecular weight excluding hydrogens is 286 g/mol. The third-order valence-corrected chi connectivity index (χ3v) is 3.89. The fraction of sp³-hybridized carbons (Fsp3) is 0.500. The predicted molar refractivity (Wildman–Crippen MR) is 95.4 cm³/mol. The van der Waals surface area contributed by atoms with Crippen LogP contribution in [-0.4, -0.2) is 29.7 Å². The van der Waals surface area contributed by atoms with Gasteiger partial charge in [0.1, 0.15) is 5.78 Å². The van der Waals surface area contributed by atoms with E-state index in [0.717, 1.165) is 18.4 Å². The maximum absolute atomic E-state index is 12.6. The van der Waals surface area contributed by atoms with Crippen LogP contribution in [-0.2, 0) is 22.4 Å². The van der Waals surface area contributed by atoms with Crippen LogP contribution in [0.4, 0.5) is 0 Å². The van der Waals surface area contributed by atoms with Gasteiger partial charge >= 0.3 is 0 Å². The van der Waals surface area contributed by atoms with E-state index in [0.29, 0.717) is 19.5 Å². The molecule has 1 rings (SSSR count). The summed E-state index contributed by atoms with van der Waals surface area (Å²) in [4.78, 5) is 25.6. The van der Waals surface area contributed by atoms with Crippen LogP contribution in [0.5, 0.6) is 0 Å². The summed E-state index contributed by atoms with van der Waals surface area (Å²) in [7, 11) is 0. The summed E-state index contributed by atoms with van der Waals surface area (Å²) in [5.41, 5.74) is 3.49. The van der Waals surface area contributed by atoms with Gasteiger partial charge in [-0.25, -0.2) is 0 Å². The standard InChI is InChI=1S/C20H29NO2/c1-6-18-7-9-19(10-8-18)11-12-21(14-15(2)3)20(23)16(4)13-17(5)22/h7-10,16H,2,6,11-14H2,1,3-5H3. The summed E-state index contributed by atoms with van der Waals surface area (Å²) in [6, 6.07) is 8.53. The molecule has 0 radical (unpaired) electrons. The lowest BCUT2D eigenvalue weighted by molar-refractivity contribution is -0.136. The van der Waals surface area contributed by atoms with E-state index in [2.05, 4.69) is 37.8 Å². The zero-order chi connectivity index (χ0) is 17.4. The van der Waals surface area contributed by atoms with Gasteiger partial charge in [-0.05, 0) is 37.8 Å². The van der Waals surface area contributed by atoms with E-state index in [9.17, 15) is 9.59 Å². The molecule has 1 atom stereocenters. The summed E-state index contributed by atoms with van der Waals surface area (Å²) >= 11 is 0. The normalized spacial score (nSPS) is 11.8. The summed E-state index contributed by atoms with van der Waals surface area (Å²) in [5, 5.41) is 0. The van der Waals surface area contributed by atoms with Crippen molar-refractivity contribution in [3.8, 4) is 0 Å². The second-order valence-corrected chi connectivity index (χ2v) is 6.44. The van der Waals surface area contributed by atoms with Crippen molar-refractivity contribution in [3.63, 3.8) is 0 Å². The molecule has 3 nitrogen and oxygen atoms in total. The Morgan fingerprint density at radius 2 is 1.70 bits per heavy atom. The van der Waals surface area contributed by atoms with Gasteiger partial charge in [-0.3, -0.25) is 4.79 Å². The Hall–Kier alpha value is -1.90. The molecule has 0 saturated heterocycles. The fourth-order valence-electron chi connectivity index (χ4n) is 2.63. The van der Waals surface area contributed by atoms with E-state index >= 15 is 0 Å². The molecule has 1 unspecified atom stereocenters. The van der Waals surface area contributed by atoms with Crippen molar-refractivity contribution < 1.29 is 9.59 Å². The zero-order valence-electron chi connectivity index (χ0n) is 14.9. The van der Waals surface area contributed by atoms with Crippen molar-refractivity contribution in [1.29, 1.82) is 0 Å². The van der Waals surface area contributed by atoms with Gasteiger partial charge in [0.05, 0.1) is 0 Å². The van der Waals surface area contributed by atoms with E-state index in [4.69, 9.17) is 0 Å². The molecule has 0 N–H and O–H groups in total. The largest absolute Gasteiger partial charge is 0.338 e. The molecule has 0 saturated carbocycles. The third kappa shape index (κ3) is 6.81. The SMILES string of the molecule is C=C(C)CN(CCc1ccc(CC)cc1)C(=O)C(C)CC(C)=O. The molecule has 0 aliphatic rings. The van der Waals surface area contributed by atoms with E-state index in [-0.39, 0.29) is 17.6 Å². The average molecular weight is 315 g/mol. The quantitative estimate of drug-likeness (QED) is 0.650. The molecule has 0 bridgehead atoms. The van der Waals surface area contributed by atoms with Gasteiger partial charge < -0.3 is 9.69 Å². The Balaban J connectivity index is 2.71. The highest BCUT2D eigenvalue weighted by molar-refractivity contribution is 5.85. The number of carbonyl (C=O) groups is 2. The lowest BCUT2D eigenvalue weighted by Crippen LogP contribution is -2.38. The van der Waals surface area contributed by atoms with Crippen molar-refractivity contribution in [1.82, 2.24) is 4.90 Å². The number of nitrogens with zero attached hydrogens (tertiary/aromatic N) is 1. The van der Waals surface area contributed by atoms with E-state index < -0.39 is 0 Å². The first-order valence-corrected chi connectivity index (χ1v) is 8.33. The van der Waals surface area contributed by atoms with Crippen LogP contribution in [0.1, 0.15) is 45.2 Å². The Morgan fingerprint density at radius 1 is 1.13 bits per heavy atom. The molecule has 0 aliphatic heterocycles. The number of amides is 1. The number of Topliss-reactive ketones (excluding diaryl/α,β-unsaturated/α-hetero) is 1. The molecule has 0 aliphatic carbocycles. The minimum absolute atomic E-state index is 0.0355. The zero-order valence-corrected chi connectivity index (χ0v) is 14.9. The molecule has 1 aromatic carbocycles. The van der Waals surface area contributed by atoms with E-state index in [1.54, 1.807) is 0 Å². The second-order valence-electron chi connectivity index (χ2n) is 6.44. The van der Waals surface area contributed by atoms with Crippen LogP contribution < -0.4 is 0 Å². The van der Waals surface area contributed by atoms with Crippen molar-refractivity contribution in [2.75, 3.05) is 13.1 Å². The molecule has 0 spiro atoms. The summed E-state index contributed by atoms with van der Waals surface area (Å²) in [6.07, 6.45) is 2.15. The molecule has 126 valence electrons. The minimum atomic E-state index is -0.269. The van der Waals surface area contributed by atoms with Crippen molar-refractivity contribution in [2.45, 2.75) is 47.0 Å². The molecule has 0 fully saturated rings. The molecule has 1 aromatic rings. The minimum Gasteiger partial charge on any atom is -0.338 e. The first-order valence-electron chi connectivity index (χ1n) is 8.33. The Bertz CT molecular complexity index is 545. The van der Waals surface area contributed by atoms with Gasteiger partial charge in [-0.1, -0.05) is 50.3 Å². The predicted octanol–water partition coefficient (Wildman–Crippen LogP) is 3.81. The number of hydrogen-bond acceptors (Lipinski definition) is 2. The Labute approximate surface area is 140 Å². The van der Waals surface area contributed by atoms with Gasteiger partial charge in [-0.15, -0.1) is 0 Å². The fourth-order valence-corrected chi connectivity index (χ4v) is 2.63. The van der Waals surface area contributed by atoms with Gasteiger partial charge in [0.15, 0.2) is 0 Å². The van der Waals surface area contributed by atoms with Crippen LogP contribution in [0.3, 0.4) is 0 Å². The lowest BCUT2D eigenvalue weighted by atomic mass is 10.0. The highest BCUT2D eigenvalue weighted by Gasteiger charge is 2.21. The highest BCUT2D eigenvalue weighted by atomic mass is 16.2. The molecule has 23 heavy (non-hydrogen) atoms. The number of aryl methyl sites for hydroxylation is 1. The maximum Gasteiger partial charge on any atom is 0.226 e. The lowest BCUT2D eigenvalue weighted by Gasteiger charge is -2.26. The maximum atomic E-state index is 12.6. The van der Waals surface area contributed by atoms with Gasteiger partial charge in [-0.2, -0.15) is 0 Å². The summed E-state index contributed by atoms with van der Waals surface area (Å²) in [5.74, 6) is -0.182. The molecule has 0 heterocycles. The van der Waals surface area contributed by atoms with Gasteiger partial charge in [0.25, 0.3) is 0 Å².